The second kappa shape index (κ2) is 5.95. The first-order valence-corrected chi connectivity index (χ1v) is 6.90. The van der Waals surface area contributed by atoms with E-state index in [4.69, 9.17) is 5.11 Å². The van der Waals surface area contributed by atoms with E-state index in [1.54, 1.807) is 6.07 Å². The molecule has 0 aliphatic heterocycles. The van der Waals surface area contributed by atoms with Gasteiger partial charge in [-0.25, -0.2) is 17.5 Å². The van der Waals surface area contributed by atoms with E-state index in [-0.39, 0.29) is 12.3 Å². The van der Waals surface area contributed by atoms with Crippen LogP contribution in [-0.2, 0) is 16.6 Å². The summed E-state index contributed by atoms with van der Waals surface area (Å²) in [5, 5.41) is 11.9. The number of aromatic hydroxyl groups is 1. The van der Waals surface area contributed by atoms with Crippen molar-refractivity contribution in [3.8, 4) is 5.75 Å². The van der Waals surface area contributed by atoms with E-state index in [0.717, 1.165) is 6.26 Å². The van der Waals surface area contributed by atoms with Gasteiger partial charge in [0.05, 0.1) is 6.26 Å². The van der Waals surface area contributed by atoms with Crippen LogP contribution >= 0.6 is 0 Å². The van der Waals surface area contributed by atoms with Gasteiger partial charge in [-0.05, 0) is 17.7 Å². The Morgan fingerprint density at radius 3 is 2.65 bits per heavy atom. The number of hydrogen-bond donors (Lipinski definition) is 3. The van der Waals surface area contributed by atoms with E-state index in [2.05, 4.69) is 10.0 Å². The zero-order valence-corrected chi connectivity index (χ0v) is 10.2. The summed E-state index contributed by atoms with van der Waals surface area (Å²) in [5.74, 6) is -1.05. The van der Waals surface area contributed by atoms with Crippen molar-refractivity contribution in [2.24, 2.45) is 0 Å². The number of phenolic OH excluding ortho intramolecular Hbond substituents is 1. The van der Waals surface area contributed by atoms with Gasteiger partial charge in [0.25, 0.3) is 0 Å². The van der Waals surface area contributed by atoms with Crippen LogP contribution in [-0.4, -0.2) is 32.9 Å². The molecule has 0 aliphatic carbocycles. The zero-order valence-electron chi connectivity index (χ0n) is 9.40. The molecule has 0 aliphatic rings. The van der Waals surface area contributed by atoms with Crippen molar-refractivity contribution < 1.29 is 17.9 Å². The first-order chi connectivity index (χ1) is 7.88. The molecule has 1 aromatic rings. The molecule has 0 heterocycles. The topological polar surface area (TPSA) is 78.4 Å². The second-order valence-corrected chi connectivity index (χ2v) is 5.46. The Balaban J connectivity index is 2.29. The van der Waals surface area contributed by atoms with Gasteiger partial charge in [0.15, 0.2) is 11.6 Å². The molecule has 5 nitrogen and oxygen atoms in total. The molecule has 17 heavy (non-hydrogen) atoms. The Morgan fingerprint density at radius 2 is 2.06 bits per heavy atom. The van der Waals surface area contributed by atoms with Crippen molar-refractivity contribution in [2.45, 2.75) is 6.54 Å². The number of hydrogen-bond acceptors (Lipinski definition) is 4. The van der Waals surface area contributed by atoms with Crippen molar-refractivity contribution in [3.63, 3.8) is 0 Å². The van der Waals surface area contributed by atoms with Gasteiger partial charge < -0.3 is 10.4 Å². The van der Waals surface area contributed by atoms with Crippen molar-refractivity contribution in [1.82, 2.24) is 10.0 Å². The SMILES string of the molecule is CS(=O)(=O)NCCNCc1ccc(O)c(F)c1. The summed E-state index contributed by atoms with van der Waals surface area (Å²) in [4.78, 5) is 0. The van der Waals surface area contributed by atoms with Crippen LogP contribution in [0.1, 0.15) is 5.56 Å². The molecule has 0 aromatic heterocycles. The molecule has 0 saturated carbocycles. The summed E-state index contributed by atoms with van der Waals surface area (Å²) in [5.41, 5.74) is 0.680. The Bertz CT molecular complexity index is 476. The van der Waals surface area contributed by atoms with Crippen LogP contribution in [0.5, 0.6) is 5.75 Å². The normalized spacial score (nSPS) is 11.6. The maximum Gasteiger partial charge on any atom is 0.208 e. The Kier molecular flexibility index (Phi) is 4.86. The van der Waals surface area contributed by atoms with Crippen molar-refractivity contribution in [1.29, 1.82) is 0 Å². The van der Waals surface area contributed by atoms with Gasteiger partial charge in [-0.15, -0.1) is 0 Å². The number of halogens is 1. The van der Waals surface area contributed by atoms with Gasteiger partial charge >= 0.3 is 0 Å². The van der Waals surface area contributed by atoms with Gasteiger partial charge in [0, 0.05) is 19.6 Å². The van der Waals surface area contributed by atoms with Crippen molar-refractivity contribution in [2.75, 3.05) is 19.3 Å². The van der Waals surface area contributed by atoms with Crippen LogP contribution in [0.3, 0.4) is 0 Å². The van der Waals surface area contributed by atoms with E-state index in [1.165, 1.54) is 12.1 Å². The molecule has 0 bridgehead atoms. The van der Waals surface area contributed by atoms with Gasteiger partial charge in [-0.3, -0.25) is 0 Å². The van der Waals surface area contributed by atoms with Crippen molar-refractivity contribution in [3.05, 3.63) is 29.6 Å². The molecule has 0 atom stereocenters. The Labute approximate surface area is 99.7 Å². The minimum Gasteiger partial charge on any atom is -0.505 e. The molecular formula is C10H15FN2O3S. The molecule has 0 fully saturated rings. The third-order valence-corrected chi connectivity index (χ3v) is 2.74. The number of sulfonamides is 1. The lowest BCUT2D eigenvalue weighted by Crippen LogP contribution is -2.30. The highest BCUT2D eigenvalue weighted by molar-refractivity contribution is 7.88. The first kappa shape index (κ1) is 13.9. The summed E-state index contributed by atoms with van der Waals surface area (Å²) >= 11 is 0. The highest BCUT2D eigenvalue weighted by Gasteiger charge is 2.02. The molecule has 0 amide bonds. The molecule has 0 unspecified atom stereocenters. The predicted octanol–water partition coefficient (Wildman–Crippen LogP) is 0.170. The minimum absolute atomic E-state index is 0.277. The Hall–Kier alpha value is -1.18. The molecule has 7 heteroatoms. The van der Waals surface area contributed by atoms with Crippen LogP contribution in [0.25, 0.3) is 0 Å². The Morgan fingerprint density at radius 1 is 1.35 bits per heavy atom. The van der Waals surface area contributed by atoms with E-state index in [9.17, 15) is 12.8 Å². The highest BCUT2D eigenvalue weighted by atomic mass is 32.2. The zero-order chi connectivity index (χ0) is 12.9. The summed E-state index contributed by atoms with van der Waals surface area (Å²) in [7, 11) is -3.16. The summed E-state index contributed by atoms with van der Waals surface area (Å²) in [6.07, 6.45) is 1.09. The van der Waals surface area contributed by atoms with Crippen molar-refractivity contribution >= 4 is 10.0 Å². The molecule has 1 rings (SSSR count). The van der Waals surface area contributed by atoms with E-state index >= 15 is 0 Å². The molecule has 0 radical (unpaired) electrons. The summed E-state index contributed by atoms with van der Waals surface area (Å²) in [6.45, 7) is 1.12. The quantitative estimate of drug-likeness (QED) is 0.639. The predicted molar refractivity (Wildman–Crippen MR) is 62.6 cm³/mol. The smallest absolute Gasteiger partial charge is 0.208 e. The number of phenols is 1. The standard InChI is InChI=1S/C10H15FN2O3S/c1-17(15,16)13-5-4-12-7-8-2-3-10(14)9(11)6-8/h2-3,6,12-14H,4-5,7H2,1H3. The number of nitrogens with one attached hydrogen (secondary N) is 2. The van der Waals surface area contributed by atoms with E-state index in [1.807, 2.05) is 0 Å². The first-order valence-electron chi connectivity index (χ1n) is 5.01. The fourth-order valence-electron chi connectivity index (χ4n) is 1.22. The minimum atomic E-state index is -3.16. The molecule has 0 spiro atoms. The van der Waals surface area contributed by atoms with Gasteiger partial charge in [-0.2, -0.15) is 0 Å². The average molecular weight is 262 g/mol. The number of benzene rings is 1. The third kappa shape index (κ3) is 5.62. The summed E-state index contributed by atoms with van der Waals surface area (Å²) < 4.78 is 36.7. The lowest BCUT2D eigenvalue weighted by atomic mass is 10.2. The van der Waals surface area contributed by atoms with Crippen LogP contribution in [0.4, 0.5) is 4.39 Å². The largest absolute Gasteiger partial charge is 0.505 e. The van der Waals surface area contributed by atoms with Gasteiger partial charge in [-0.1, -0.05) is 6.07 Å². The van der Waals surface area contributed by atoms with Crippen LogP contribution in [0, 0.1) is 5.82 Å². The molecule has 3 N–H and O–H groups in total. The monoisotopic (exact) mass is 262 g/mol. The molecule has 96 valence electrons. The lowest BCUT2D eigenvalue weighted by molar-refractivity contribution is 0.431. The van der Waals surface area contributed by atoms with Crippen LogP contribution < -0.4 is 10.0 Å². The van der Waals surface area contributed by atoms with Crippen LogP contribution in [0.2, 0.25) is 0 Å². The van der Waals surface area contributed by atoms with Crippen LogP contribution in [0.15, 0.2) is 18.2 Å². The average Bonchev–Trinajstić information content (AvgIpc) is 2.21. The fourth-order valence-corrected chi connectivity index (χ4v) is 1.69. The lowest BCUT2D eigenvalue weighted by Gasteiger charge is -2.06. The van der Waals surface area contributed by atoms with Gasteiger partial charge in [0.1, 0.15) is 0 Å². The van der Waals surface area contributed by atoms with E-state index < -0.39 is 15.8 Å². The third-order valence-electron chi connectivity index (χ3n) is 2.01. The second-order valence-electron chi connectivity index (χ2n) is 3.63. The maximum atomic E-state index is 12.9. The highest BCUT2D eigenvalue weighted by Crippen LogP contribution is 2.15. The number of rotatable bonds is 6. The van der Waals surface area contributed by atoms with E-state index in [0.29, 0.717) is 18.7 Å². The van der Waals surface area contributed by atoms with Gasteiger partial charge in [0.2, 0.25) is 10.0 Å². The molecular weight excluding hydrogens is 247 g/mol. The summed E-state index contributed by atoms with van der Waals surface area (Å²) in [6, 6.07) is 4.10. The molecule has 1 aromatic carbocycles. The maximum absolute atomic E-state index is 12.9. The molecule has 0 saturated heterocycles. The fraction of sp³-hybridized carbons (Fsp3) is 0.400.